The first-order chi connectivity index (χ1) is 9.71. The van der Waals surface area contributed by atoms with Crippen LogP contribution in [0.5, 0.6) is 0 Å². The molecule has 1 aromatic carbocycles. The summed E-state index contributed by atoms with van der Waals surface area (Å²) in [6.45, 7) is 5.35. The third kappa shape index (κ3) is 3.63. The lowest BCUT2D eigenvalue weighted by atomic mass is 10.1. The molecule has 5 nitrogen and oxygen atoms in total. The maximum atomic E-state index is 12.7. The molecule has 2 rings (SSSR count). The highest BCUT2D eigenvalue weighted by Gasteiger charge is 2.29. The van der Waals surface area contributed by atoms with Crippen LogP contribution in [0.1, 0.15) is 29.5 Å². The van der Waals surface area contributed by atoms with Gasteiger partial charge in [0.1, 0.15) is 0 Å². The van der Waals surface area contributed by atoms with E-state index < -0.39 is 10.0 Å². The van der Waals surface area contributed by atoms with Crippen molar-refractivity contribution >= 4 is 15.9 Å². The van der Waals surface area contributed by atoms with Crippen molar-refractivity contribution in [2.45, 2.75) is 44.6 Å². The fraction of sp³-hybridized carbons (Fsp3) is 0.533. The van der Waals surface area contributed by atoms with Gasteiger partial charge in [-0.3, -0.25) is 4.79 Å². The summed E-state index contributed by atoms with van der Waals surface area (Å²) < 4.78 is 26.5. The minimum Gasteiger partial charge on any atom is -0.352 e. The van der Waals surface area contributed by atoms with E-state index in [1.54, 1.807) is 13.8 Å². The Morgan fingerprint density at radius 2 is 1.76 bits per heavy atom. The molecule has 6 heteroatoms. The second kappa shape index (κ2) is 5.77. The summed E-state index contributed by atoms with van der Waals surface area (Å²) in [4.78, 5) is 12.1. The number of nitrogens with one attached hydrogen (secondary N) is 1. The van der Waals surface area contributed by atoms with Crippen molar-refractivity contribution in [3.8, 4) is 0 Å². The molecule has 0 aromatic heterocycles. The lowest BCUT2D eigenvalue weighted by Crippen LogP contribution is -2.39. The lowest BCUT2D eigenvalue weighted by molar-refractivity contribution is -0.121. The third-order valence-corrected chi connectivity index (χ3v) is 5.69. The van der Waals surface area contributed by atoms with Gasteiger partial charge in [-0.15, -0.1) is 0 Å². The standard InChI is InChI=1S/C15H22N2O3S/c1-10-7-11(2)15(12(3)8-10)21(19,20)17(4)9-14(18)16-13-5-6-13/h7-8,13H,5-6,9H2,1-4H3,(H,16,18). The van der Waals surface area contributed by atoms with Crippen molar-refractivity contribution in [2.24, 2.45) is 0 Å². The minimum absolute atomic E-state index is 0.147. The minimum atomic E-state index is -3.66. The molecule has 1 aliphatic rings. The average molecular weight is 310 g/mol. The normalized spacial score (nSPS) is 15.3. The fourth-order valence-corrected chi connectivity index (χ4v) is 4.05. The Balaban J connectivity index is 2.22. The van der Waals surface area contributed by atoms with Crippen LogP contribution in [0, 0.1) is 20.8 Å². The number of nitrogens with zero attached hydrogens (tertiary/aromatic N) is 1. The number of carbonyl (C=O) groups is 1. The fourth-order valence-electron chi connectivity index (χ4n) is 2.52. The second-order valence-electron chi connectivity index (χ2n) is 5.83. The molecule has 0 atom stereocenters. The molecular weight excluding hydrogens is 288 g/mol. The predicted molar refractivity (Wildman–Crippen MR) is 81.6 cm³/mol. The predicted octanol–water partition coefficient (Wildman–Crippen LogP) is 1.51. The SMILES string of the molecule is Cc1cc(C)c(S(=O)(=O)N(C)CC(=O)NC2CC2)c(C)c1. The number of hydrogen-bond acceptors (Lipinski definition) is 3. The molecule has 0 unspecified atom stereocenters. The van der Waals surface area contributed by atoms with E-state index in [2.05, 4.69) is 5.32 Å². The number of carbonyl (C=O) groups excluding carboxylic acids is 1. The molecule has 1 aromatic rings. The molecule has 116 valence electrons. The molecule has 1 fully saturated rings. The van der Waals surface area contributed by atoms with E-state index in [4.69, 9.17) is 0 Å². The molecule has 1 aliphatic carbocycles. The van der Waals surface area contributed by atoms with E-state index in [-0.39, 0.29) is 18.5 Å². The summed E-state index contributed by atoms with van der Waals surface area (Å²) in [6, 6.07) is 3.92. The quantitative estimate of drug-likeness (QED) is 0.896. The van der Waals surface area contributed by atoms with Crippen LogP contribution in [-0.2, 0) is 14.8 Å². The van der Waals surface area contributed by atoms with E-state index in [9.17, 15) is 13.2 Å². The lowest BCUT2D eigenvalue weighted by Gasteiger charge is -2.20. The van der Waals surface area contributed by atoms with Crippen molar-refractivity contribution in [2.75, 3.05) is 13.6 Å². The van der Waals surface area contributed by atoms with Gasteiger partial charge >= 0.3 is 0 Å². The number of amides is 1. The zero-order valence-electron chi connectivity index (χ0n) is 12.9. The number of likely N-dealkylation sites (N-methyl/N-ethyl adjacent to an activating group) is 1. The van der Waals surface area contributed by atoms with Gasteiger partial charge in [0.25, 0.3) is 0 Å². The maximum absolute atomic E-state index is 12.7. The van der Waals surface area contributed by atoms with Crippen molar-refractivity contribution in [3.05, 3.63) is 28.8 Å². The van der Waals surface area contributed by atoms with Gasteiger partial charge in [0.05, 0.1) is 11.4 Å². The Labute approximate surface area is 126 Å². The van der Waals surface area contributed by atoms with Crippen LogP contribution < -0.4 is 5.32 Å². The first-order valence-corrected chi connectivity index (χ1v) is 8.49. The van der Waals surface area contributed by atoms with E-state index in [0.717, 1.165) is 22.7 Å². The van der Waals surface area contributed by atoms with Crippen LogP contribution in [0.3, 0.4) is 0 Å². The van der Waals surface area contributed by atoms with E-state index in [1.165, 1.54) is 7.05 Å². The zero-order valence-corrected chi connectivity index (χ0v) is 13.8. The largest absolute Gasteiger partial charge is 0.352 e. The number of aryl methyl sites for hydroxylation is 3. The number of benzene rings is 1. The van der Waals surface area contributed by atoms with Gasteiger partial charge in [0.2, 0.25) is 15.9 Å². The Bertz CT molecular complexity index is 640. The molecular formula is C15H22N2O3S. The molecule has 0 spiro atoms. The van der Waals surface area contributed by atoms with E-state index in [1.807, 2.05) is 19.1 Å². The molecule has 0 heterocycles. The summed E-state index contributed by atoms with van der Waals surface area (Å²) in [5, 5.41) is 2.80. The highest BCUT2D eigenvalue weighted by atomic mass is 32.2. The highest BCUT2D eigenvalue weighted by Crippen LogP contribution is 2.24. The van der Waals surface area contributed by atoms with E-state index >= 15 is 0 Å². The molecule has 0 aliphatic heterocycles. The van der Waals surface area contributed by atoms with Crippen LogP contribution in [0.4, 0.5) is 0 Å². The van der Waals surface area contributed by atoms with Crippen LogP contribution in [0.25, 0.3) is 0 Å². The van der Waals surface area contributed by atoms with Gasteiger partial charge in [0, 0.05) is 13.1 Å². The number of hydrogen-bond donors (Lipinski definition) is 1. The molecule has 0 bridgehead atoms. The maximum Gasteiger partial charge on any atom is 0.243 e. The summed E-state index contributed by atoms with van der Waals surface area (Å²) >= 11 is 0. The smallest absolute Gasteiger partial charge is 0.243 e. The van der Waals surface area contributed by atoms with Gasteiger partial charge in [-0.25, -0.2) is 8.42 Å². The highest BCUT2D eigenvalue weighted by molar-refractivity contribution is 7.89. The molecule has 1 amide bonds. The van der Waals surface area contributed by atoms with E-state index in [0.29, 0.717) is 16.0 Å². The van der Waals surface area contributed by atoms with Crippen LogP contribution in [-0.4, -0.2) is 38.3 Å². The van der Waals surface area contributed by atoms with Gasteiger partial charge in [0.15, 0.2) is 0 Å². The van der Waals surface area contributed by atoms with Crippen molar-refractivity contribution in [1.29, 1.82) is 0 Å². The van der Waals surface area contributed by atoms with Gasteiger partial charge in [-0.1, -0.05) is 17.7 Å². The van der Waals surface area contributed by atoms with Gasteiger partial charge in [-0.2, -0.15) is 4.31 Å². The molecule has 21 heavy (non-hydrogen) atoms. The third-order valence-electron chi connectivity index (χ3n) is 3.58. The number of sulfonamides is 1. The molecule has 0 saturated heterocycles. The zero-order chi connectivity index (χ0) is 15.8. The molecule has 0 radical (unpaired) electrons. The Morgan fingerprint density at radius 3 is 2.24 bits per heavy atom. The topological polar surface area (TPSA) is 66.5 Å². The van der Waals surface area contributed by atoms with Crippen LogP contribution in [0.15, 0.2) is 17.0 Å². The van der Waals surface area contributed by atoms with Crippen LogP contribution >= 0.6 is 0 Å². The summed E-state index contributed by atoms with van der Waals surface area (Å²) in [7, 11) is -2.21. The first-order valence-electron chi connectivity index (χ1n) is 7.05. The molecule has 1 N–H and O–H groups in total. The Hall–Kier alpha value is -1.40. The van der Waals surface area contributed by atoms with Crippen molar-refractivity contribution in [1.82, 2.24) is 9.62 Å². The average Bonchev–Trinajstić information content (AvgIpc) is 3.10. The summed E-state index contributed by atoms with van der Waals surface area (Å²) in [6.07, 6.45) is 1.97. The summed E-state index contributed by atoms with van der Waals surface area (Å²) in [5.41, 5.74) is 2.45. The van der Waals surface area contributed by atoms with Gasteiger partial charge < -0.3 is 5.32 Å². The monoisotopic (exact) mass is 310 g/mol. The van der Waals surface area contributed by atoms with Crippen LogP contribution in [0.2, 0.25) is 0 Å². The van der Waals surface area contributed by atoms with Crippen molar-refractivity contribution < 1.29 is 13.2 Å². The Morgan fingerprint density at radius 1 is 1.24 bits per heavy atom. The first kappa shape index (κ1) is 16.0. The molecule has 1 saturated carbocycles. The van der Waals surface area contributed by atoms with Gasteiger partial charge in [-0.05, 0) is 44.7 Å². The van der Waals surface area contributed by atoms with Crippen molar-refractivity contribution in [3.63, 3.8) is 0 Å². The summed E-state index contributed by atoms with van der Waals surface area (Å²) in [5.74, 6) is -0.244. The Kier molecular flexibility index (Phi) is 4.39. The second-order valence-corrected chi connectivity index (χ2v) is 7.81. The number of rotatable bonds is 5.